The minimum Gasteiger partial charge on any atom is -0.497 e. The lowest BCUT2D eigenvalue weighted by molar-refractivity contribution is 0.0951. The van der Waals surface area contributed by atoms with E-state index in [1.807, 2.05) is 24.3 Å². The van der Waals surface area contributed by atoms with Gasteiger partial charge in [-0.15, -0.1) is 0 Å². The third-order valence-corrected chi connectivity index (χ3v) is 2.76. The molecule has 0 saturated heterocycles. The zero-order chi connectivity index (χ0) is 13.7. The SMILES string of the molecule is COc1ccc(C(=O)NCc2cccc(N)c2)cc1. The Morgan fingerprint density at radius 3 is 2.58 bits per heavy atom. The highest BCUT2D eigenvalue weighted by Gasteiger charge is 2.05. The number of carbonyl (C=O) groups is 1. The number of benzene rings is 2. The Morgan fingerprint density at radius 1 is 1.21 bits per heavy atom. The van der Waals surface area contributed by atoms with E-state index in [-0.39, 0.29) is 5.91 Å². The number of hydrogen-bond acceptors (Lipinski definition) is 3. The molecule has 2 rings (SSSR count). The van der Waals surface area contributed by atoms with Crippen LogP contribution in [0.15, 0.2) is 48.5 Å². The Balaban J connectivity index is 1.97. The summed E-state index contributed by atoms with van der Waals surface area (Å²) in [5, 5.41) is 2.84. The molecule has 4 nitrogen and oxygen atoms in total. The largest absolute Gasteiger partial charge is 0.497 e. The van der Waals surface area contributed by atoms with Crippen molar-refractivity contribution in [3.8, 4) is 5.75 Å². The summed E-state index contributed by atoms with van der Waals surface area (Å²) in [6.45, 7) is 0.454. The van der Waals surface area contributed by atoms with E-state index in [0.29, 0.717) is 17.8 Å². The molecule has 0 atom stereocenters. The van der Waals surface area contributed by atoms with Gasteiger partial charge in [0.1, 0.15) is 5.75 Å². The van der Waals surface area contributed by atoms with Gasteiger partial charge in [-0.2, -0.15) is 0 Å². The maximum atomic E-state index is 11.9. The second-order valence-electron chi connectivity index (χ2n) is 4.16. The van der Waals surface area contributed by atoms with Crippen LogP contribution in [0.5, 0.6) is 5.75 Å². The van der Waals surface area contributed by atoms with Crippen LogP contribution in [0.25, 0.3) is 0 Å². The lowest BCUT2D eigenvalue weighted by Crippen LogP contribution is -2.22. The number of nitrogens with two attached hydrogens (primary N) is 1. The minimum absolute atomic E-state index is 0.120. The Morgan fingerprint density at radius 2 is 1.95 bits per heavy atom. The lowest BCUT2D eigenvalue weighted by atomic mass is 10.1. The third-order valence-electron chi connectivity index (χ3n) is 2.76. The molecule has 4 heteroatoms. The van der Waals surface area contributed by atoms with Gasteiger partial charge in [-0.3, -0.25) is 4.79 Å². The molecule has 19 heavy (non-hydrogen) atoms. The number of anilines is 1. The predicted molar refractivity (Wildman–Crippen MR) is 75.0 cm³/mol. The molecule has 2 aromatic rings. The molecule has 0 saturated carbocycles. The molecule has 0 aromatic heterocycles. The lowest BCUT2D eigenvalue weighted by Gasteiger charge is -2.06. The first kappa shape index (κ1) is 13.0. The van der Waals surface area contributed by atoms with Gasteiger partial charge in [0, 0.05) is 17.8 Å². The van der Waals surface area contributed by atoms with E-state index in [2.05, 4.69) is 5.32 Å². The molecule has 1 amide bonds. The highest BCUT2D eigenvalue weighted by atomic mass is 16.5. The van der Waals surface area contributed by atoms with Gasteiger partial charge in [-0.05, 0) is 42.0 Å². The number of methoxy groups -OCH3 is 1. The summed E-state index contributed by atoms with van der Waals surface area (Å²) >= 11 is 0. The van der Waals surface area contributed by atoms with Gasteiger partial charge in [0.25, 0.3) is 5.91 Å². The first-order valence-electron chi connectivity index (χ1n) is 5.96. The van der Waals surface area contributed by atoms with Crippen LogP contribution in [0.3, 0.4) is 0 Å². The van der Waals surface area contributed by atoms with Crippen LogP contribution in [0.2, 0.25) is 0 Å². The Labute approximate surface area is 112 Å². The molecule has 2 aromatic carbocycles. The van der Waals surface area contributed by atoms with E-state index >= 15 is 0 Å². The summed E-state index contributed by atoms with van der Waals surface area (Å²) < 4.78 is 5.05. The van der Waals surface area contributed by atoms with Gasteiger partial charge in [-0.25, -0.2) is 0 Å². The Kier molecular flexibility index (Phi) is 4.03. The van der Waals surface area contributed by atoms with Crippen molar-refractivity contribution < 1.29 is 9.53 Å². The highest BCUT2D eigenvalue weighted by molar-refractivity contribution is 5.94. The van der Waals surface area contributed by atoms with Crippen molar-refractivity contribution in [3.05, 3.63) is 59.7 Å². The zero-order valence-corrected chi connectivity index (χ0v) is 10.7. The average molecular weight is 256 g/mol. The zero-order valence-electron chi connectivity index (χ0n) is 10.7. The molecule has 0 aliphatic rings. The summed E-state index contributed by atoms with van der Waals surface area (Å²) in [4.78, 5) is 11.9. The van der Waals surface area contributed by atoms with Crippen molar-refractivity contribution in [2.75, 3.05) is 12.8 Å². The maximum absolute atomic E-state index is 11.9. The smallest absolute Gasteiger partial charge is 0.251 e. The van der Waals surface area contributed by atoms with Crippen molar-refractivity contribution in [2.45, 2.75) is 6.54 Å². The molecule has 0 aliphatic heterocycles. The van der Waals surface area contributed by atoms with Crippen molar-refractivity contribution in [3.63, 3.8) is 0 Å². The molecule has 0 heterocycles. The number of hydrogen-bond donors (Lipinski definition) is 2. The number of amides is 1. The normalized spacial score (nSPS) is 9.95. The van der Waals surface area contributed by atoms with Crippen LogP contribution in [0, 0.1) is 0 Å². The summed E-state index contributed by atoms with van der Waals surface area (Å²) in [6.07, 6.45) is 0. The van der Waals surface area contributed by atoms with Crippen molar-refractivity contribution in [1.29, 1.82) is 0 Å². The van der Waals surface area contributed by atoms with Crippen molar-refractivity contribution >= 4 is 11.6 Å². The molecule has 0 fully saturated rings. The Bertz CT molecular complexity index is 565. The number of nitrogens with one attached hydrogen (secondary N) is 1. The molecular weight excluding hydrogens is 240 g/mol. The molecule has 0 bridgehead atoms. The first-order chi connectivity index (χ1) is 9.19. The summed E-state index contributed by atoms with van der Waals surface area (Å²) in [5.41, 5.74) is 7.95. The molecule has 98 valence electrons. The van der Waals surface area contributed by atoms with Crippen LogP contribution in [-0.2, 0) is 6.54 Å². The van der Waals surface area contributed by atoms with Crippen LogP contribution in [0.1, 0.15) is 15.9 Å². The fraction of sp³-hybridized carbons (Fsp3) is 0.133. The van der Waals surface area contributed by atoms with E-state index in [1.165, 1.54) is 0 Å². The molecule has 0 radical (unpaired) electrons. The number of carbonyl (C=O) groups excluding carboxylic acids is 1. The number of rotatable bonds is 4. The van der Waals surface area contributed by atoms with Gasteiger partial charge >= 0.3 is 0 Å². The fourth-order valence-electron chi connectivity index (χ4n) is 1.73. The molecule has 3 N–H and O–H groups in total. The second-order valence-corrected chi connectivity index (χ2v) is 4.16. The predicted octanol–water partition coefficient (Wildman–Crippen LogP) is 2.21. The van der Waals surface area contributed by atoms with Crippen molar-refractivity contribution in [2.24, 2.45) is 0 Å². The van der Waals surface area contributed by atoms with Gasteiger partial charge < -0.3 is 15.8 Å². The quantitative estimate of drug-likeness (QED) is 0.824. The standard InChI is InChI=1S/C15H16N2O2/c1-19-14-7-5-12(6-8-14)15(18)17-10-11-3-2-4-13(16)9-11/h2-9H,10,16H2,1H3,(H,17,18). The topological polar surface area (TPSA) is 64.3 Å². The second kappa shape index (κ2) is 5.91. The number of nitrogen functional groups attached to an aromatic ring is 1. The van der Waals surface area contributed by atoms with Gasteiger partial charge in [0.05, 0.1) is 7.11 Å². The van der Waals surface area contributed by atoms with E-state index in [1.54, 1.807) is 31.4 Å². The average Bonchev–Trinajstić information content (AvgIpc) is 2.45. The van der Waals surface area contributed by atoms with Crippen LogP contribution in [0.4, 0.5) is 5.69 Å². The van der Waals surface area contributed by atoms with Gasteiger partial charge in [0.2, 0.25) is 0 Å². The van der Waals surface area contributed by atoms with Crippen LogP contribution >= 0.6 is 0 Å². The molecule has 0 spiro atoms. The fourth-order valence-corrected chi connectivity index (χ4v) is 1.73. The van der Waals surface area contributed by atoms with E-state index < -0.39 is 0 Å². The summed E-state index contributed by atoms with van der Waals surface area (Å²) in [7, 11) is 1.59. The van der Waals surface area contributed by atoms with E-state index in [4.69, 9.17) is 10.5 Å². The molecule has 0 unspecified atom stereocenters. The maximum Gasteiger partial charge on any atom is 0.251 e. The van der Waals surface area contributed by atoms with Crippen LogP contribution < -0.4 is 15.8 Å². The molecular formula is C15H16N2O2. The Hall–Kier alpha value is -2.49. The van der Waals surface area contributed by atoms with Gasteiger partial charge in [0.15, 0.2) is 0 Å². The minimum atomic E-state index is -0.120. The number of ether oxygens (including phenoxy) is 1. The summed E-state index contributed by atoms with van der Waals surface area (Å²) in [6, 6.07) is 14.4. The van der Waals surface area contributed by atoms with Crippen molar-refractivity contribution in [1.82, 2.24) is 5.32 Å². The van der Waals surface area contributed by atoms with Crippen LogP contribution in [-0.4, -0.2) is 13.0 Å². The van der Waals surface area contributed by atoms with E-state index in [9.17, 15) is 4.79 Å². The monoisotopic (exact) mass is 256 g/mol. The molecule has 0 aliphatic carbocycles. The summed E-state index contributed by atoms with van der Waals surface area (Å²) in [5.74, 6) is 0.609. The van der Waals surface area contributed by atoms with E-state index in [0.717, 1.165) is 11.3 Å². The first-order valence-corrected chi connectivity index (χ1v) is 5.96. The highest BCUT2D eigenvalue weighted by Crippen LogP contribution is 2.11. The third kappa shape index (κ3) is 3.48. The van der Waals surface area contributed by atoms with Gasteiger partial charge in [-0.1, -0.05) is 12.1 Å².